The third-order valence-electron chi connectivity index (χ3n) is 2.96. The summed E-state index contributed by atoms with van der Waals surface area (Å²) in [6, 6.07) is 0. The maximum atomic E-state index is 6.06. The Balaban J connectivity index is 4.39. The minimum Gasteiger partial charge on any atom is -0.350 e. The van der Waals surface area contributed by atoms with Gasteiger partial charge in [0.2, 0.25) is 0 Å². The Morgan fingerprint density at radius 1 is 0.647 bits per heavy atom. The fourth-order valence-electron chi connectivity index (χ4n) is 1.92. The third-order valence-corrected chi connectivity index (χ3v) is 2.96. The van der Waals surface area contributed by atoms with E-state index in [0.29, 0.717) is 0 Å². The molecular weight excluding hydrogens is 212 g/mol. The molecule has 104 valence electrons. The van der Waals surface area contributed by atoms with Crippen LogP contribution in [0, 0.1) is 0 Å². The van der Waals surface area contributed by atoms with Gasteiger partial charge < -0.3 is 9.47 Å². The third kappa shape index (κ3) is 7.77. The van der Waals surface area contributed by atoms with Crippen molar-refractivity contribution in [3.8, 4) is 0 Å². The van der Waals surface area contributed by atoms with E-state index in [1.54, 1.807) is 0 Å². The van der Waals surface area contributed by atoms with Crippen LogP contribution in [-0.4, -0.2) is 19.0 Å². The van der Waals surface area contributed by atoms with E-state index in [1.165, 1.54) is 25.7 Å². The van der Waals surface area contributed by atoms with E-state index in [2.05, 4.69) is 27.7 Å². The second-order valence-corrected chi connectivity index (χ2v) is 4.81. The number of rotatable bonds is 12. The molecule has 0 aliphatic rings. The van der Waals surface area contributed by atoms with Crippen LogP contribution in [0.2, 0.25) is 0 Å². The van der Waals surface area contributed by atoms with Crippen molar-refractivity contribution >= 4 is 0 Å². The van der Waals surface area contributed by atoms with Crippen molar-refractivity contribution in [1.29, 1.82) is 0 Å². The van der Waals surface area contributed by atoms with E-state index in [0.717, 1.165) is 38.9 Å². The summed E-state index contributed by atoms with van der Waals surface area (Å²) < 4.78 is 12.1. The SMILES string of the molecule is CCCCC(CCCC)(OCCC)OCCC. The Morgan fingerprint density at radius 2 is 1.06 bits per heavy atom. The van der Waals surface area contributed by atoms with Gasteiger partial charge in [-0.3, -0.25) is 0 Å². The fourth-order valence-corrected chi connectivity index (χ4v) is 1.92. The summed E-state index contributed by atoms with van der Waals surface area (Å²) >= 11 is 0. The Hall–Kier alpha value is -0.0800. The number of hydrogen-bond donors (Lipinski definition) is 0. The van der Waals surface area contributed by atoms with E-state index < -0.39 is 0 Å². The van der Waals surface area contributed by atoms with Gasteiger partial charge in [-0.2, -0.15) is 0 Å². The van der Waals surface area contributed by atoms with Crippen molar-refractivity contribution in [2.24, 2.45) is 0 Å². The summed E-state index contributed by atoms with van der Waals surface area (Å²) in [6.07, 6.45) is 9.02. The highest BCUT2D eigenvalue weighted by Crippen LogP contribution is 2.28. The minimum atomic E-state index is -0.294. The summed E-state index contributed by atoms with van der Waals surface area (Å²) in [5.41, 5.74) is 0. The minimum absolute atomic E-state index is 0.294. The zero-order valence-electron chi connectivity index (χ0n) is 12.4. The first-order valence-corrected chi connectivity index (χ1v) is 7.52. The summed E-state index contributed by atoms with van der Waals surface area (Å²) in [5.74, 6) is -0.294. The average Bonchev–Trinajstić information content (AvgIpc) is 2.37. The van der Waals surface area contributed by atoms with E-state index in [4.69, 9.17) is 9.47 Å². The Bertz CT molecular complexity index is 119. The smallest absolute Gasteiger partial charge is 0.168 e. The normalized spacial score (nSPS) is 12.0. The predicted octanol–water partition coefficient (Wildman–Crippen LogP) is 4.92. The first-order valence-electron chi connectivity index (χ1n) is 7.52. The zero-order chi connectivity index (χ0) is 13.0. The summed E-state index contributed by atoms with van der Waals surface area (Å²) in [6.45, 7) is 10.4. The van der Waals surface area contributed by atoms with Crippen LogP contribution in [0.5, 0.6) is 0 Å². The van der Waals surface area contributed by atoms with Gasteiger partial charge >= 0.3 is 0 Å². The lowest BCUT2D eigenvalue weighted by Crippen LogP contribution is -2.37. The van der Waals surface area contributed by atoms with Gasteiger partial charge in [-0.05, 0) is 25.7 Å². The molecule has 2 heteroatoms. The zero-order valence-corrected chi connectivity index (χ0v) is 12.4. The molecule has 0 rings (SSSR count). The molecule has 17 heavy (non-hydrogen) atoms. The molecule has 0 saturated carbocycles. The number of unbranched alkanes of at least 4 members (excludes halogenated alkanes) is 2. The fraction of sp³-hybridized carbons (Fsp3) is 1.00. The van der Waals surface area contributed by atoms with Gasteiger partial charge in [-0.25, -0.2) is 0 Å². The monoisotopic (exact) mass is 244 g/mol. The van der Waals surface area contributed by atoms with Gasteiger partial charge in [0.05, 0.1) is 0 Å². The predicted molar refractivity (Wildman–Crippen MR) is 74.3 cm³/mol. The molecule has 2 nitrogen and oxygen atoms in total. The van der Waals surface area contributed by atoms with Crippen LogP contribution >= 0.6 is 0 Å². The van der Waals surface area contributed by atoms with Crippen molar-refractivity contribution in [2.75, 3.05) is 13.2 Å². The molecule has 0 aliphatic heterocycles. The maximum Gasteiger partial charge on any atom is 0.168 e. The molecule has 0 atom stereocenters. The largest absolute Gasteiger partial charge is 0.350 e. The highest BCUT2D eigenvalue weighted by Gasteiger charge is 2.30. The van der Waals surface area contributed by atoms with Gasteiger partial charge in [-0.1, -0.05) is 40.5 Å². The molecule has 0 saturated heterocycles. The van der Waals surface area contributed by atoms with Crippen LogP contribution in [0.25, 0.3) is 0 Å². The molecule has 0 amide bonds. The second-order valence-electron chi connectivity index (χ2n) is 4.81. The van der Waals surface area contributed by atoms with Crippen molar-refractivity contribution in [3.63, 3.8) is 0 Å². The Kier molecular flexibility index (Phi) is 11.0. The van der Waals surface area contributed by atoms with Crippen LogP contribution in [0.4, 0.5) is 0 Å². The molecule has 0 unspecified atom stereocenters. The molecule has 0 spiro atoms. The lowest BCUT2D eigenvalue weighted by atomic mass is 10.0. The molecule has 0 fully saturated rings. The van der Waals surface area contributed by atoms with Crippen molar-refractivity contribution < 1.29 is 9.47 Å². The van der Waals surface area contributed by atoms with Crippen LogP contribution in [0.3, 0.4) is 0 Å². The van der Waals surface area contributed by atoms with Gasteiger partial charge in [0.1, 0.15) is 0 Å². The van der Waals surface area contributed by atoms with Gasteiger partial charge in [0.15, 0.2) is 5.79 Å². The Morgan fingerprint density at radius 3 is 1.35 bits per heavy atom. The summed E-state index contributed by atoms with van der Waals surface area (Å²) in [5, 5.41) is 0. The molecule has 0 aromatic rings. The molecular formula is C15H32O2. The first kappa shape index (κ1) is 16.9. The summed E-state index contributed by atoms with van der Waals surface area (Å²) in [4.78, 5) is 0. The van der Waals surface area contributed by atoms with E-state index in [-0.39, 0.29) is 5.79 Å². The van der Waals surface area contributed by atoms with E-state index in [1.807, 2.05) is 0 Å². The number of hydrogen-bond acceptors (Lipinski definition) is 2. The molecule has 0 radical (unpaired) electrons. The van der Waals surface area contributed by atoms with Crippen LogP contribution in [0.1, 0.15) is 79.1 Å². The molecule has 0 heterocycles. The van der Waals surface area contributed by atoms with Crippen molar-refractivity contribution in [2.45, 2.75) is 84.8 Å². The molecule has 0 aliphatic carbocycles. The Labute approximate surface area is 108 Å². The lowest BCUT2D eigenvalue weighted by molar-refractivity contribution is -0.246. The first-order chi connectivity index (χ1) is 8.24. The van der Waals surface area contributed by atoms with E-state index in [9.17, 15) is 0 Å². The standard InChI is InChI=1S/C15H32O2/c1-5-9-11-15(12-10-6-2,16-13-7-3)17-14-8-4/h5-14H2,1-4H3. The highest BCUT2D eigenvalue weighted by molar-refractivity contribution is 4.70. The van der Waals surface area contributed by atoms with Gasteiger partial charge in [0.25, 0.3) is 0 Å². The van der Waals surface area contributed by atoms with Crippen LogP contribution in [-0.2, 0) is 9.47 Å². The quantitative estimate of drug-likeness (QED) is 0.454. The maximum absolute atomic E-state index is 6.06. The van der Waals surface area contributed by atoms with Crippen LogP contribution in [0.15, 0.2) is 0 Å². The molecule has 0 aromatic carbocycles. The number of ether oxygens (including phenoxy) is 2. The molecule has 0 N–H and O–H groups in total. The highest BCUT2D eigenvalue weighted by atomic mass is 16.7. The van der Waals surface area contributed by atoms with Crippen molar-refractivity contribution in [3.05, 3.63) is 0 Å². The molecule has 0 bridgehead atoms. The summed E-state index contributed by atoms with van der Waals surface area (Å²) in [7, 11) is 0. The van der Waals surface area contributed by atoms with E-state index >= 15 is 0 Å². The topological polar surface area (TPSA) is 18.5 Å². The van der Waals surface area contributed by atoms with Gasteiger partial charge in [-0.15, -0.1) is 0 Å². The molecule has 0 aromatic heterocycles. The van der Waals surface area contributed by atoms with Crippen LogP contribution < -0.4 is 0 Å². The second kappa shape index (κ2) is 11.0. The van der Waals surface area contributed by atoms with Gasteiger partial charge in [0, 0.05) is 26.1 Å². The lowest BCUT2D eigenvalue weighted by Gasteiger charge is -2.34. The van der Waals surface area contributed by atoms with Crippen molar-refractivity contribution in [1.82, 2.24) is 0 Å². The average molecular weight is 244 g/mol.